The standard InChI is InChI=1S/C35H43N3O5/c1-5-19-36(22-26-15-11-8-12-16-26)32(40)29-28-17-18-35(43-28)30(29)33(41)38(27(23-39)21-25-13-9-7-10-14-25)31(35)34(42)37(20-6-2)24(3)4/h5-16,24,27-31,39H,1-2,17-23H2,3-4H3/t27-,28+,29-,30+,31?,35?/m1/s1. The number of carbonyl (C=O) groups excluding carboxylic acids is 3. The van der Waals surface area contributed by atoms with Gasteiger partial charge in [0.1, 0.15) is 11.6 Å². The maximum absolute atomic E-state index is 14.6. The molecule has 5 rings (SSSR count). The van der Waals surface area contributed by atoms with E-state index in [-0.39, 0.29) is 30.4 Å². The molecule has 2 bridgehead atoms. The van der Waals surface area contributed by atoms with Gasteiger partial charge in [-0.1, -0.05) is 72.8 Å². The molecule has 0 saturated carbocycles. The quantitative estimate of drug-likeness (QED) is 0.363. The Morgan fingerprint density at radius 1 is 1.02 bits per heavy atom. The number of hydrogen-bond donors (Lipinski definition) is 1. The van der Waals surface area contributed by atoms with Gasteiger partial charge in [0.05, 0.1) is 30.6 Å². The first-order valence-corrected chi connectivity index (χ1v) is 15.3. The Balaban J connectivity index is 1.55. The minimum atomic E-state index is -1.15. The molecule has 2 aromatic carbocycles. The molecule has 8 heteroatoms. The van der Waals surface area contributed by atoms with Crippen LogP contribution in [0.2, 0.25) is 0 Å². The lowest BCUT2D eigenvalue weighted by Crippen LogP contribution is -2.60. The summed E-state index contributed by atoms with van der Waals surface area (Å²) in [7, 11) is 0. The second-order valence-corrected chi connectivity index (χ2v) is 12.2. The second kappa shape index (κ2) is 12.9. The molecular formula is C35H43N3O5. The summed E-state index contributed by atoms with van der Waals surface area (Å²) in [5, 5.41) is 10.7. The molecule has 2 unspecified atom stereocenters. The Morgan fingerprint density at radius 2 is 1.65 bits per heavy atom. The minimum absolute atomic E-state index is 0.149. The third kappa shape index (κ3) is 5.54. The molecule has 3 fully saturated rings. The number of benzene rings is 2. The zero-order valence-corrected chi connectivity index (χ0v) is 25.2. The van der Waals surface area contributed by atoms with Crippen molar-refractivity contribution in [1.29, 1.82) is 0 Å². The van der Waals surface area contributed by atoms with E-state index in [9.17, 15) is 19.5 Å². The molecular weight excluding hydrogens is 542 g/mol. The predicted octanol–water partition coefficient (Wildman–Crippen LogP) is 3.60. The largest absolute Gasteiger partial charge is 0.394 e. The van der Waals surface area contributed by atoms with E-state index in [1.54, 1.807) is 26.9 Å². The number of amides is 3. The van der Waals surface area contributed by atoms with Gasteiger partial charge < -0.3 is 24.5 Å². The molecule has 6 atom stereocenters. The van der Waals surface area contributed by atoms with Crippen LogP contribution in [0.15, 0.2) is 86.0 Å². The van der Waals surface area contributed by atoms with Crippen LogP contribution in [-0.4, -0.2) is 87.1 Å². The van der Waals surface area contributed by atoms with Gasteiger partial charge in [0.2, 0.25) is 17.7 Å². The normalized spacial score (nSPS) is 26.3. The van der Waals surface area contributed by atoms with E-state index < -0.39 is 35.6 Å². The number of aliphatic hydroxyl groups excluding tert-OH is 1. The zero-order chi connectivity index (χ0) is 30.7. The lowest BCUT2D eigenvalue weighted by atomic mass is 9.70. The van der Waals surface area contributed by atoms with Crippen molar-refractivity contribution in [3.63, 3.8) is 0 Å². The molecule has 1 spiro atoms. The van der Waals surface area contributed by atoms with Crippen LogP contribution >= 0.6 is 0 Å². The number of carbonyl (C=O) groups is 3. The first-order valence-electron chi connectivity index (χ1n) is 15.3. The average molecular weight is 586 g/mol. The topological polar surface area (TPSA) is 90.4 Å². The van der Waals surface area contributed by atoms with Crippen LogP contribution in [0, 0.1) is 11.8 Å². The van der Waals surface area contributed by atoms with Crippen molar-refractivity contribution in [1.82, 2.24) is 14.7 Å². The predicted molar refractivity (Wildman–Crippen MR) is 165 cm³/mol. The first-order chi connectivity index (χ1) is 20.8. The van der Waals surface area contributed by atoms with Crippen molar-refractivity contribution in [3.05, 3.63) is 97.1 Å². The van der Waals surface area contributed by atoms with Crippen LogP contribution in [0.5, 0.6) is 0 Å². The minimum Gasteiger partial charge on any atom is -0.394 e. The molecule has 228 valence electrons. The third-order valence-electron chi connectivity index (χ3n) is 9.29. The lowest BCUT2D eigenvalue weighted by molar-refractivity contribution is -0.152. The summed E-state index contributed by atoms with van der Waals surface area (Å²) in [5.74, 6) is -2.25. The summed E-state index contributed by atoms with van der Waals surface area (Å²) in [6.07, 6.45) is 4.35. The Labute approximate surface area is 254 Å². The second-order valence-electron chi connectivity index (χ2n) is 12.2. The molecule has 3 heterocycles. The van der Waals surface area contributed by atoms with Crippen molar-refractivity contribution < 1.29 is 24.2 Å². The molecule has 0 aromatic heterocycles. The van der Waals surface area contributed by atoms with E-state index in [1.807, 2.05) is 74.5 Å². The summed E-state index contributed by atoms with van der Waals surface area (Å²) >= 11 is 0. The molecule has 8 nitrogen and oxygen atoms in total. The fraction of sp³-hybridized carbons (Fsp3) is 0.457. The SMILES string of the molecule is C=CCN(Cc1ccccc1)C(=O)[C@@H]1[C@@H]2CCC3(O2)C(C(=O)N(CC=C)C(C)C)N([C@@H](CO)Cc2ccccc2)C(=O)[C@H]13. The van der Waals surface area contributed by atoms with Gasteiger partial charge in [-0.15, -0.1) is 13.2 Å². The molecule has 0 radical (unpaired) electrons. The Morgan fingerprint density at radius 3 is 2.23 bits per heavy atom. The summed E-state index contributed by atoms with van der Waals surface area (Å²) in [6, 6.07) is 17.6. The van der Waals surface area contributed by atoms with Crippen LogP contribution in [-0.2, 0) is 32.1 Å². The number of aliphatic hydroxyl groups is 1. The molecule has 43 heavy (non-hydrogen) atoms. The number of ether oxygens (including phenoxy) is 1. The van der Waals surface area contributed by atoms with E-state index in [1.165, 1.54) is 0 Å². The Bertz CT molecular complexity index is 1330. The first kappa shape index (κ1) is 30.7. The monoisotopic (exact) mass is 585 g/mol. The van der Waals surface area contributed by atoms with E-state index in [2.05, 4.69) is 13.2 Å². The summed E-state index contributed by atoms with van der Waals surface area (Å²) in [6.45, 7) is 12.3. The Hall–Kier alpha value is -3.75. The van der Waals surface area contributed by atoms with Gasteiger partial charge in [0.25, 0.3) is 0 Å². The molecule has 2 aromatic rings. The number of likely N-dealkylation sites (tertiary alicyclic amines) is 1. The van der Waals surface area contributed by atoms with Crippen LogP contribution in [0.25, 0.3) is 0 Å². The van der Waals surface area contributed by atoms with Gasteiger partial charge in [-0.05, 0) is 44.2 Å². The highest BCUT2D eigenvalue weighted by Gasteiger charge is 2.75. The maximum Gasteiger partial charge on any atom is 0.248 e. The third-order valence-corrected chi connectivity index (χ3v) is 9.29. The van der Waals surface area contributed by atoms with Gasteiger partial charge in [0, 0.05) is 25.7 Å². The van der Waals surface area contributed by atoms with E-state index in [0.717, 1.165) is 11.1 Å². The number of fused-ring (bicyclic) bond motifs is 1. The van der Waals surface area contributed by atoms with Crippen molar-refractivity contribution in [2.75, 3.05) is 19.7 Å². The zero-order valence-electron chi connectivity index (χ0n) is 25.2. The number of hydrogen-bond acceptors (Lipinski definition) is 5. The molecule has 3 saturated heterocycles. The van der Waals surface area contributed by atoms with Gasteiger partial charge in [-0.2, -0.15) is 0 Å². The summed E-state index contributed by atoms with van der Waals surface area (Å²) in [5.41, 5.74) is 0.772. The van der Waals surface area contributed by atoms with Crippen LogP contribution in [0.4, 0.5) is 0 Å². The fourth-order valence-corrected chi connectivity index (χ4v) is 7.44. The molecule has 1 N–H and O–H groups in total. The van der Waals surface area contributed by atoms with Gasteiger partial charge in [0.15, 0.2) is 0 Å². The van der Waals surface area contributed by atoms with Crippen molar-refractivity contribution >= 4 is 17.7 Å². The molecule has 3 aliphatic rings. The van der Waals surface area contributed by atoms with Gasteiger partial charge in [-0.25, -0.2) is 0 Å². The molecule has 3 aliphatic heterocycles. The molecule has 3 amide bonds. The maximum atomic E-state index is 14.6. The van der Waals surface area contributed by atoms with E-state index in [4.69, 9.17) is 4.74 Å². The highest BCUT2D eigenvalue weighted by molar-refractivity contribution is 5.99. The summed E-state index contributed by atoms with van der Waals surface area (Å²) < 4.78 is 6.69. The number of rotatable bonds is 13. The van der Waals surface area contributed by atoms with Crippen molar-refractivity contribution in [2.24, 2.45) is 11.8 Å². The highest BCUT2D eigenvalue weighted by atomic mass is 16.5. The lowest BCUT2D eigenvalue weighted by Gasteiger charge is -2.40. The average Bonchev–Trinajstić information content (AvgIpc) is 3.66. The van der Waals surface area contributed by atoms with Crippen LogP contribution in [0.1, 0.15) is 37.8 Å². The number of nitrogens with zero attached hydrogens (tertiary/aromatic N) is 3. The smallest absolute Gasteiger partial charge is 0.248 e. The molecule has 0 aliphatic carbocycles. The highest BCUT2D eigenvalue weighted by Crippen LogP contribution is 2.59. The van der Waals surface area contributed by atoms with E-state index in [0.29, 0.717) is 38.9 Å². The van der Waals surface area contributed by atoms with Crippen molar-refractivity contribution in [3.8, 4) is 0 Å². The van der Waals surface area contributed by atoms with Crippen LogP contribution < -0.4 is 0 Å². The van der Waals surface area contributed by atoms with E-state index >= 15 is 0 Å². The van der Waals surface area contributed by atoms with Crippen molar-refractivity contribution in [2.45, 2.75) is 69.5 Å². The van der Waals surface area contributed by atoms with Gasteiger partial charge in [-0.3, -0.25) is 14.4 Å². The summed E-state index contributed by atoms with van der Waals surface area (Å²) in [4.78, 5) is 48.5. The Kier molecular flexibility index (Phi) is 9.18. The van der Waals surface area contributed by atoms with Gasteiger partial charge >= 0.3 is 0 Å². The fourth-order valence-electron chi connectivity index (χ4n) is 7.44. The van der Waals surface area contributed by atoms with Crippen LogP contribution in [0.3, 0.4) is 0 Å².